The number of aliphatic carboxylic acids is 1. The van der Waals surface area contributed by atoms with Crippen LogP contribution in [-0.4, -0.2) is 30.1 Å². The van der Waals surface area contributed by atoms with E-state index >= 15 is 0 Å². The molecule has 0 saturated heterocycles. The number of nitrogens with one attached hydrogen (secondary N) is 1. The lowest BCUT2D eigenvalue weighted by Gasteiger charge is -2.04. The Bertz CT molecular complexity index is 138. The van der Waals surface area contributed by atoms with Crippen LogP contribution in [0.25, 0.3) is 0 Å². The third-order valence-electron chi connectivity index (χ3n) is 1.24. The summed E-state index contributed by atoms with van der Waals surface area (Å²) < 4.78 is 0. The number of nitrogens with two attached hydrogens (primary N) is 1. The molecule has 0 aliphatic carbocycles. The van der Waals surface area contributed by atoms with E-state index < -0.39 is 12.0 Å². The quantitative estimate of drug-likeness (QED) is 0.340. The van der Waals surface area contributed by atoms with Gasteiger partial charge in [-0.25, -0.2) is 0 Å². The summed E-state index contributed by atoms with van der Waals surface area (Å²) in [6.45, 7) is 0.477. The summed E-state index contributed by atoms with van der Waals surface area (Å²) >= 11 is 0. The Labute approximate surface area is 64.6 Å². The summed E-state index contributed by atoms with van der Waals surface area (Å²) in [5.41, 5.74) is 5.18. The van der Waals surface area contributed by atoms with Gasteiger partial charge in [0.1, 0.15) is 6.04 Å². The highest BCUT2D eigenvalue weighted by molar-refractivity contribution is 5.72. The molecule has 0 aliphatic heterocycles. The van der Waals surface area contributed by atoms with Crippen LogP contribution in [0.1, 0.15) is 12.8 Å². The molecule has 5 nitrogen and oxygen atoms in total. The molecule has 1 atom stereocenters. The first-order valence-corrected chi connectivity index (χ1v) is 3.34. The standard InChI is InChI=1S/C6H12N2O3/c7-5(6(10)11)2-1-3-8-4-9/h4-5H,1-3,7H2,(H,8,9)(H,10,11). The molecule has 0 radical (unpaired) electrons. The van der Waals surface area contributed by atoms with Crippen molar-refractivity contribution in [2.45, 2.75) is 18.9 Å². The first-order chi connectivity index (χ1) is 5.18. The van der Waals surface area contributed by atoms with E-state index in [2.05, 4.69) is 5.32 Å². The Hall–Kier alpha value is -1.10. The van der Waals surface area contributed by atoms with Crippen LogP contribution in [0.15, 0.2) is 0 Å². The van der Waals surface area contributed by atoms with Crippen LogP contribution in [-0.2, 0) is 9.59 Å². The van der Waals surface area contributed by atoms with E-state index in [0.717, 1.165) is 0 Å². The minimum atomic E-state index is -1.00. The molecule has 0 aromatic heterocycles. The van der Waals surface area contributed by atoms with E-state index in [-0.39, 0.29) is 0 Å². The van der Waals surface area contributed by atoms with Gasteiger partial charge in [-0.2, -0.15) is 0 Å². The lowest BCUT2D eigenvalue weighted by Crippen LogP contribution is -2.30. The maximum atomic E-state index is 10.1. The Balaban J connectivity index is 3.24. The minimum absolute atomic E-state index is 0.385. The number of hydrogen-bond acceptors (Lipinski definition) is 3. The van der Waals surface area contributed by atoms with Crippen LogP contribution >= 0.6 is 0 Å². The molecule has 0 aromatic carbocycles. The van der Waals surface area contributed by atoms with Gasteiger partial charge in [0.15, 0.2) is 0 Å². The first-order valence-electron chi connectivity index (χ1n) is 3.34. The number of amides is 1. The molecule has 0 fully saturated rings. The van der Waals surface area contributed by atoms with Gasteiger partial charge in [-0.15, -0.1) is 0 Å². The first kappa shape index (κ1) is 9.90. The average Bonchev–Trinajstić information content (AvgIpc) is 1.97. The summed E-state index contributed by atoms with van der Waals surface area (Å²) in [6, 6.07) is -0.816. The van der Waals surface area contributed by atoms with Gasteiger partial charge >= 0.3 is 5.97 Å². The highest BCUT2D eigenvalue weighted by atomic mass is 16.4. The molecule has 0 bridgehead atoms. The lowest BCUT2D eigenvalue weighted by atomic mass is 10.2. The summed E-state index contributed by atoms with van der Waals surface area (Å²) in [4.78, 5) is 19.9. The third-order valence-corrected chi connectivity index (χ3v) is 1.24. The van der Waals surface area contributed by atoms with Crippen LogP contribution in [0.5, 0.6) is 0 Å². The minimum Gasteiger partial charge on any atom is -0.480 e. The Morgan fingerprint density at radius 2 is 2.36 bits per heavy atom. The van der Waals surface area contributed by atoms with Crippen molar-refractivity contribution in [1.29, 1.82) is 0 Å². The Kier molecular flexibility index (Phi) is 5.10. The fraction of sp³-hybridized carbons (Fsp3) is 0.667. The number of carbonyl (C=O) groups excluding carboxylic acids is 1. The summed E-state index contributed by atoms with van der Waals surface area (Å²) in [5, 5.41) is 10.7. The average molecular weight is 160 g/mol. The molecule has 1 amide bonds. The van der Waals surface area contributed by atoms with E-state index in [0.29, 0.717) is 25.8 Å². The predicted molar refractivity (Wildman–Crippen MR) is 38.9 cm³/mol. The molecule has 4 N–H and O–H groups in total. The van der Waals surface area contributed by atoms with Crippen LogP contribution in [0.2, 0.25) is 0 Å². The highest BCUT2D eigenvalue weighted by Gasteiger charge is 2.09. The molecule has 1 unspecified atom stereocenters. The molecule has 0 heterocycles. The zero-order valence-electron chi connectivity index (χ0n) is 6.12. The number of hydrogen-bond donors (Lipinski definition) is 3. The fourth-order valence-electron chi connectivity index (χ4n) is 0.606. The number of carboxylic acid groups (broad SMARTS) is 1. The normalized spacial score (nSPS) is 12.1. The van der Waals surface area contributed by atoms with Gasteiger partial charge in [-0.1, -0.05) is 0 Å². The van der Waals surface area contributed by atoms with Gasteiger partial charge in [0.2, 0.25) is 6.41 Å². The molecular weight excluding hydrogens is 148 g/mol. The summed E-state index contributed by atoms with van der Waals surface area (Å²) in [7, 11) is 0. The summed E-state index contributed by atoms with van der Waals surface area (Å²) in [6.07, 6.45) is 1.55. The lowest BCUT2D eigenvalue weighted by molar-refractivity contribution is -0.138. The predicted octanol–water partition coefficient (Wildman–Crippen LogP) is -1.08. The van der Waals surface area contributed by atoms with Crippen molar-refractivity contribution in [3.8, 4) is 0 Å². The zero-order chi connectivity index (χ0) is 8.69. The zero-order valence-corrected chi connectivity index (χ0v) is 6.12. The molecule has 0 aliphatic rings. The number of carbonyl (C=O) groups is 2. The molecule has 0 saturated carbocycles. The van der Waals surface area contributed by atoms with Crippen molar-refractivity contribution in [1.82, 2.24) is 5.32 Å². The van der Waals surface area contributed by atoms with Gasteiger partial charge in [0.25, 0.3) is 0 Å². The van der Waals surface area contributed by atoms with Crippen LogP contribution < -0.4 is 11.1 Å². The van der Waals surface area contributed by atoms with Crippen LogP contribution in [0.3, 0.4) is 0 Å². The molecule has 64 valence electrons. The highest BCUT2D eigenvalue weighted by Crippen LogP contribution is 1.92. The number of carboxylic acids is 1. The second-order valence-corrected chi connectivity index (χ2v) is 2.16. The Morgan fingerprint density at radius 3 is 2.82 bits per heavy atom. The monoisotopic (exact) mass is 160 g/mol. The second kappa shape index (κ2) is 5.67. The van der Waals surface area contributed by atoms with E-state index in [1.54, 1.807) is 0 Å². The van der Waals surface area contributed by atoms with Gasteiger partial charge in [0, 0.05) is 6.54 Å². The molecular formula is C6H12N2O3. The molecule has 0 rings (SSSR count). The van der Waals surface area contributed by atoms with Crippen molar-refractivity contribution in [2.24, 2.45) is 5.73 Å². The summed E-state index contributed by atoms with van der Waals surface area (Å²) in [5.74, 6) is -1.00. The maximum Gasteiger partial charge on any atom is 0.320 e. The molecule has 0 aromatic rings. The molecule has 0 spiro atoms. The van der Waals surface area contributed by atoms with Crippen LogP contribution in [0.4, 0.5) is 0 Å². The van der Waals surface area contributed by atoms with Crippen molar-refractivity contribution in [3.05, 3.63) is 0 Å². The van der Waals surface area contributed by atoms with Gasteiger partial charge in [0.05, 0.1) is 0 Å². The topological polar surface area (TPSA) is 92.4 Å². The molecule has 5 heteroatoms. The van der Waals surface area contributed by atoms with E-state index in [4.69, 9.17) is 10.8 Å². The van der Waals surface area contributed by atoms with E-state index in [1.807, 2.05) is 0 Å². The van der Waals surface area contributed by atoms with E-state index in [1.165, 1.54) is 0 Å². The van der Waals surface area contributed by atoms with Crippen LogP contribution in [0, 0.1) is 0 Å². The third kappa shape index (κ3) is 5.35. The SMILES string of the molecule is NC(CCCNC=O)C(=O)O. The second-order valence-electron chi connectivity index (χ2n) is 2.16. The van der Waals surface area contributed by atoms with E-state index in [9.17, 15) is 9.59 Å². The van der Waals surface area contributed by atoms with Crippen molar-refractivity contribution in [2.75, 3.05) is 6.54 Å². The molecule has 11 heavy (non-hydrogen) atoms. The smallest absolute Gasteiger partial charge is 0.320 e. The van der Waals surface area contributed by atoms with Crippen molar-refractivity contribution in [3.63, 3.8) is 0 Å². The van der Waals surface area contributed by atoms with Gasteiger partial charge < -0.3 is 16.2 Å². The fourth-order valence-corrected chi connectivity index (χ4v) is 0.606. The Morgan fingerprint density at radius 1 is 1.73 bits per heavy atom. The van der Waals surface area contributed by atoms with Gasteiger partial charge in [-0.05, 0) is 12.8 Å². The van der Waals surface area contributed by atoms with Crippen molar-refractivity contribution >= 4 is 12.4 Å². The van der Waals surface area contributed by atoms with Gasteiger partial charge in [-0.3, -0.25) is 9.59 Å². The van der Waals surface area contributed by atoms with Crippen molar-refractivity contribution < 1.29 is 14.7 Å². The number of rotatable bonds is 6. The maximum absolute atomic E-state index is 10.1. The largest absolute Gasteiger partial charge is 0.480 e.